The van der Waals surface area contributed by atoms with Gasteiger partial charge in [0.2, 0.25) is 0 Å². The number of benzene rings is 2. The van der Waals surface area contributed by atoms with E-state index in [1.807, 2.05) is 24.3 Å². The number of ether oxygens (including phenoxy) is 2. The van der Waals surface area contributed by atoms with Crippen LogP contribution in [-0.4, -0.2) is 31.3 Å². The number of hydrogen-bond donors (Lipinski definition) is 1. The van der Waals surface area contributed by atoms with Crippen LogP contribution in [0.3, 0.4) is 0 Å². The summed E-state index contributed by atoms with van der Waals surface area (Å²) >= 11 is 10.7. The van der Waals surface area contributed by atoms with Crippen molar-refractivity contribution >= 4 is 56.9 Å². The molecule has 132 valence electrons. The van der Waals surface area contributed by atoms with Crippen molar-refractivity contribution in [2.75, 3.05) is 24.8 Å². The van der Waals surface area contributed by atoms with Gasteiger partial charge in [0.15, 0.2) is 6.61 Å². The van der Waals surface area contributed by atoms with Gasteiger partial charge in [-0.3, -0.25) is 9.59 Å². The zero-order valence-corrected chi connectivity index (χ0v) is 16.4. The summed E-state index contributed by atoms with van der Waals surface area (Å²) in [4.78, 5) is 24.5. The molecule has 0 aliphatic rings. The number of thioether (sulfide) groups is 1. The molecular weight excluding hydrogens is 430 g/mol. The maximum Gasteiger partial charge on any atom is 0.316 e. The van der Waals surface area contributed by atoms with Crippen LogP contribution in [0, 0.1) is 0 Å². The predicted molar refractivity (Wildman–Crippen MR) is 102 cm³/mol. The molecule has 0 heterocycles. The van der Waals surface area contributed by atoms with Gasteiger partial charge in [-0.2, -0.15) is 0 Å². The minimum atomic E-state index is -0.462. The molecule has 2 aromatic rings. The van der Waals surface area contributed by atoms with Crippen LogP contribution in [0.15, 0.2) is 51.8 Å². The average Bonchev–Trinajstić information content (AvgIpc) is 2.59. The van der Waals surface area contributed by atoms with E-state index in [9.17, 15) is 9.59 Å². The molecular formula is C17H15BrClNO4S. The monoisotopic (exact) mass is 443 g/mol. The van der Waals surface area contributed by atoms with Gasteiger partial charge in [-0.05, 0) is 42.5 Å². The topological polar surface area (TPSA) is 64.6 Å². The molecule has 0 aromatic heterocycles. The maximum absolute atomic E-state index is 11.8. The Morgan fingerprint density at radius 3 is 2.56 bits per heavy atom. The second kappa shape index (κ2) is 9.70. The van der Waals surface area contributed by atoms with E-state index in [0.717, 1.165) is 9.37 Å². The largest absolute Gasteiger partial charge is 0.495 e. The second-order valence-corrected chi connectivity index (χ2v) is 7.17. The molecule has 0 saturated heterocycles. The third-order valence-corrected chi connectivity index (χ3v) is 4.78. The highest BCUT2D eigenvalue weighted by molar-refractivity contribution is 9.10. The summed E-state index contributed by atoms with van der Waals surface area (Å²) in [5, 5.41) is 2.98. The highest BCUT2D eigenvalue weighted by Gasteiger charge is 2.10. The fraction of sp³-hybridized carbons (Fsp3) is 0.176. The first kappa shape index (κ1) is 19.6. The van der Waals surface area contributed by atoms with Crippen molar-refractivity contribution in [1.29, 1.82) is 0 Å². The molecule has 1 amide bonds. The third kappa shape index (κ3) is 6.61. The predicted octanol–water partition coefficient (Wildman–Crippen LogP) is 4.39. The first-order valence-corrected chi connectivity index (χ1v) is 9.31. The van der Waals surface area contributed by atoms with Gasteiger partial charge in [0.1, 0.15) is 5.75 Å². The summed E-state index contributed by atoms with van der Waals surface area (Å²) in [5.41, 5.74) is 0.496. The summed E-state index contributed by atoms with van der Waals surface area (Å²) in [6, 6.07) is 12.4. The molecule has 0 saturated carbocycles. The van der Waals surface area contributed by atoms with Crippen LogP contribution in [0.5, 0.6) is 5.75 Å². The van der Waals surface area contributed by atoms with Gasteiger partial charge in [0.25, 0.3) is 5.91 Å². The van der Waals surface area contributed by atoms with E-state index < -0.39 is 11.9 Å². The van der Waals surface area contributed by atoms with Crippen molar-refractivity contribution in [3.8, 4) is 5.75 Å². The molecule has 0 unspecified atom stereocenters. The number of halogens is 2. The number of rotatable bonds is 7. The second-order valence-electron chi connectivity index (χ2n) is 4.80. The van der Waals surface area contributed by atoms with Gasteiger partial charge < -0.3 is 14.8 Å². The van der Waals surface area contributed by atoms with Gasteiger partial charge in [-0.15, -0.1) is 11.8 Å². The highest BCUT2D eigenvalue weighted by Crippen LogP contribution is 2.27. The average molecular weight is 445 g/mol. The molecule has 8 heteroatoms. The molecule has 0 bridgehead atoms. The first-order valence-electron chi connectivity index (χ1n) is 7.15. The van der Waals surface area contributed by atoms with Crippen molar-refractivity contribution < 1.29 is 19.1 Å². The lowest BCUT2D eigenvalue weighted by atomic mass is 10.3. The zero-order chi connectivity index (χ0) is 18.2. The molecule has 2 rings (SSSR count). The van der Waals surface area contributed by atoms with Crippen LogP contribution >= 0.6 is 39.3 Å². The van der Waals surface area contributed by atoms with Gasteiger partial charge in [0, 0.05) is 15.1 Å². The lowest BCUT2D eigenvalue weighted by Crippen LogP contribution is -2.21. The smallest absolute Gasteiger partial charge is 0.316 e. The van der Waals surface area contributed by atoms with Gasteiger partial charge in [0.05, 0.1) is 17.9 Å². The summed E-state index contributed by atoms with van der Waals surface area (Å²) in [6.07, 6.45) is 0. The van der Waals surface area contributed by atoms with E-state index >= 15 is 0 Å². The highest BCUT2D eigenvalue weighted by atomic mass is 79.9. The quantitative estimate of drug-likeness (QED) is 0.507. The van der Waals surface area contributed by atoms with Crippen LogP contribution in [-0.2, 0) is 14.3 Å². The van der Waals surface area contributed by atoms with Crippen molar-refractivity contribution in [3.63, 3.8) is 0 Å². The van der Waals surface area contributed by atoms with Crippen LogP contribution < -0.4 is 10.1 Å². The Morgan fingerprint density at radius 1 is 1.20 bits per heavy atom. The van der Waals surface area contributed by atoms with Gasteiger partial charge in [-0.25, -0.2) is 0 Å². The van der Waals surface area contributed by atoms with E-state index in [4.69, 9.17) is 21.1 Å². The molecule has 0 spiro atoms. The SMILES string of the molecule is COc1ccc(NC(=O)COC(=O)CSc2ccc(Br)cc2)cc1Cl. The number of nitrogens with one attached hydrogen (secondary N) is 1. The fourth-order valence-electron chi connectivity index (χ4n) is 1.80. The lowest BCUT2D eigenvalue weighted by Gasteiger charge is -2.08. The zero-order valence-electron chi connectivity index (χ0n) is 13.3. The first-order chi connectivity index (χ1) is 12.0. The summed E-state index contributed by atoms with van der Waals surface area (Å²) in [6.45, 7) is -0.358. The van der Waals surface area contributed by atoms with E-state index in [-0.39, 0.29) is 12.4 Å². The normalized spacial score (nSPS) is 10.2. The van der Waals surface area contributed by atoms with E-state index in [1.54, 1.807) is 18.2 Å². The Hall–Kier alpha value is -1.70. The number of methoxy groups -OCH3 is 1. The minimum absolute atomic E-state index is 0.128. The molecule has 0 atom stereocenters. The van der Waals surface area contributed by atoms with Crippen molar-refractivity contribution in [2.24, 2.45) is 0 Å². The van der Waals surface area contributed by atoms with Crippen LogP contribution in [0.25, 0.3) is 0 Å². The van der Waals surface area contributed by atoms with Crippen molar-refractivity contribution in [2.45, 2.75) is 4.90 Å². The van der Waals surface area contributed by atoms with E-state index in [2.05, 4.69) is 21.2 Å². The maximum atomic E-state index is 11.8. The molecule has 25 heavy (non-hydrogen) atoms. The Labute approximate surface area is 163 Å². The Bertz CT molecular complexity index is 755. The van der Waals surface area contributed by atoms with Gasteiger partial charge in [-0.1, -0.05) is 27.5 Å². The number of carbonyl (C=O) groups is 2. The molecule has 0 aliphatic carbocycles. The Kier molecular flexibility index (Phi) is 7.61. The number of carbonyl (C=O) groups excluding carboxylic acids is 2. The van der Waals surface area contributed by atoms with E-state index in [0.29, 0.717) is 16.5 Å². The van der Waals surface area contributed by atoms with Crippen LogP contribution in [0.2, 0.25) is 5.02 Å². The number of hydrogen-bond acceptors (Lipinski definition) is 5. The molecule has 5 nitrogen and oxygen atoms in total. The van der Waals surface area contributed by atoms with Crippen molar-refractivity contribution in [3.05, 3.63) is 52.0 Å². The molecule has 1 N–H and O–H groups in total. The number of amides is 1. The van der Waals surface area contributed by atoms with Crippen LogP contribution in [0.1, 0.15) is 0 Å². The van der Waals surface area contributed by atoms with Crippen molar-refractivity contribution in [1.82, 2.24) is 0 Å². The summed E-state index contributed by atoms with van der Waals surface area (Å²) < 4.78 is 11.0. The number of anilines is 1. The number of esters is 1. The van der Waals surface area contributed by atoms with Gasteiger partial charge >= 0.3 is 5.97 Å². The third-order valence-electron chi connectivity index (χ3n) is 2.97. The summed E-state index contributed by atoms with van der Waals surface area (Å²) in [7, 11) is 1.51. The minimum Gasteiger partial charge on any atom is -0.495 e. The van der Waals surface area contributed by atoms with Crippen LogP contribution in [0.4, 0.5) is 5.69 Å². The molecule has 0 radical (unpaired) electrons. The molecule has 0 aliphatic heterocycles. The Morgan fingerprint density at radius 2 is 1.92 bits per heavy atom. The summed E-state index contributed by atoms with van der Waals surface area (Å²) in [5.74, 6) is -0.265. The lowest BCUT2D eigenvalue weighted by molar-refractivity contribution is -0.144. The molecule has 2 aromatic carbocycles. The molecule has 0 fully saturated rings. The standard InChI is InChI=1S/C17H15BrClNO4S/c1-23-15-7-4-12(8-14(15)19)20-16(21)9-24-17(22)10-25-13-5-2-11(18)3-6-13/h2-8H,9-10H2,1H3,(H,20,21). The van der Waals surface area contributed by atoms with E-state index in [1.165, 1.54) is 18.9 Å². The fourth-order valence-corrected chi connectivity index (χ4v) is 3.02. The Balaban J connectivity index is 1.74.